The molecule has 1 aromatic heterocycles. The SMILES string of the molecule is O=C(c1cccs1)N(CCc1ccccc1)[C@H]1CCS(=O)(=O)C1. The predicted molar refractivity (Wildman–Crippen MR) is 92.6 cm³/mol. The summed E-state index contributed by atoms with van der Waals surface area (Å²) in [5.74, 6) is 0.203. The van der Waals surface area contributed by atoms with Gasteiger partial charge < -0.3 is 4.90 Å². The van der Waals surface area contributed by atoms with Crippen molar-refractivity contribution in [2.45, 2.75) is 18.9 Å². The zero-order chi connectivity index (χ0) is 16.3. The Morgan fingerprint density at radius 1 is 1.17 bits per heavy atom. The van der Waals surface area contributed by atoms with Crippen molar-refractivity contribution in [3.05, 3.63) is 58.3 Å². The number of rotatable bonds is 5. The highest BCUT2D eigenvalue weighted by Crippen LogP contribution is 2.22. The molecular formula is C17H19NO3S2. The molecule has 122 valence electrons. The van der Waals surface area contributed by atoms with Crippen LogP contribution in [-0.4, -0.2) is 43.3 Å². The fourth-order valence-corrected chi connectivity index (χ4v) is 5.32. The molecule has 23 heavy (non-hydrogen) atoms. The summed E-state index contributed by atoms with van der Waals surface area (Å²) >= 11 is 1.40. The molecule has 1 aliphatic rings. The van der Waals surface area contributed by atoms with E-state index < -0.39 is 9.84 Å². The van der Waals surface area contributed by atoms with E-state index in [1.54, 1.807) is 11.0 Å². The smallest absolute Gasteiger partial charge is 0.264 e. The Bertz CT molecular complexity index is 754. The van der Waals surface area contributed by atoms with Crippen molar-refractivity contribution in [2.24, 2.45) is 0 Å². The maximum absolute atomic E-state index is 12.8. The summed E-state index contributed by atoms with van der Waals surface area (Å²) in [6.45, 7) is 0.543. The molecule has 0 N–H and O–H groups in total. The van der Waals surface area contributed by atoms with Gasteiger partial charge in [0.15, 0.2) is 9.84 Å². The number of carbonyl (C=O) groups excluding carboxylic acids is 1. The summed E-state index contributed by atoms with van der Waals surface area (Å²) in [5.41, 5.74) is 1.15. The van der Waals surface area contributed by atoms with E-state index in [1.165, 1.54) is 11.3 Å². The van der Waals surface area contributed by atoms with Crippen LogP contribution in [0.4, 0.5) is 0 Å². The summed E-state index contributed by atoms with van der Waals surface area (Å²) < 4.78 is 23.6. The van der Waals surface area contributed by atoms with E-state index in [4.69, 9.17) is 0 Å². The van der Waals surface area contributed by atoms with Gasteiger partial charge in [-0.3, -0.25) is 4.79 Å². The average molecular weight is 349 g/mol. The van der Waals surface area contributed by atoms with Crippen molar-refractivity contribution in [1.82, 2.24) is 4.90 Å². The second-order valence-electron chi connectivity index (χ2n) is 5.77. The highest BCUT2D eigenvalue weighted by Gasteiger charge is 2.35. The molecule has 4 nitrogen and oxygen atoms in total. The fraction of sp³-hybridized carbons (Fsp3) is 0.353. The lowest BCUT2D eigenvalue weighted by Gasteiger charge is -2.28. The molecule has 2 heterocycles. The first kappa shape index (κ1) is 16.2. The summed E-state index contributed by atoms with van der Waals surface area (Å²) in [5, 5.41) is 1.87. The van der Waals surface area contributed by atoms with Crippen molar-refractivity contribution in [1.29, 1.82) is 0 Å². The van der Waals surface area contributed by atoms with Gasteiger partial charge in [0.25, 0.3) is 5.91 Å². The minimum Gasteiger partial charge on any atom is -0.334 e. The van der Waals surface area contributed by atoms with E-state index in [2.05, 4.69) is 0 Å². The molecule has 0 aliphatic carbocycles. The molecule has 1 aromatic carbocycles. The van der Waals surface area contributed by atoms with Crippen LogP contribution >= 0.6 is 11.3 Å². The van der Waals surface area contributed by atoms with Crippen molar-refractivity contribution in [3.63, 3.8) is 0 Å². The highest BCUT2D eigenvalue weighted by atomic mass is 32.2. The fourth-order valence-electron chi connectivity index (χ4n) is 2.91. The molecule has 0 radical (unpaired) electrons. The van der Waals surface area contributed by atoms with Crippen molar-refractivity contribution in [3.8, 4) is 0 Å². The third-order valence-electron chi connectivity index (χ3n) is 4.13. The second kappa shape index (κ2) is 6.84. The van der Waals surface area contributed by atoms with Crippen LogP contribution in [-0.2, 0) is 16.3 Å². The van der Waals surface area contributed by atoms with E-state index >= 15 is 0 Å². The topological polar surface area (TPSA) is 54.5 Å². The average Bonchev–Trinajstić information content (AvgIpc) is 3.18. The van der Waals surface area contributed by atoms with Crippen LogP contribution < -0.4 is 0 Å². The van der Waals surface area contributed by atoms with E-state index in [0.717, 1.165) is 12.0 Å². The number of sulfone groups is 1. The number of thiophene rings is 1. The Balaban J connectivity index is 1.77. The third kappa shape index (κ3) is 4.00. The summed E-state index contributed by atoms with van der Waals surface area (Å²) in [6.07, 6.45) is 1.27. The molecule has 0 spiro atoms. The predicted octanol–water partition coefficient (Wildman–Crippen LogP) is 2.62. The zero-order valence-electron chi connectivity index (χ0n) is 12.7. The number of hydrogen-bond donors (Lipinski definition) is 0. The van der Waals surface area contributed by atoms with Crippen LogP contribution in [0.15, 0.2) is 47.8 Å². The first-order valence-electron chi connectivity index (χ1n) is 7.64. The minimum atomic E-state index is -3.02. The first-order chi connectivity index (χ1) is 11.1. The first-order valence-corrected chi connectivity index (χ1v) is 10.3. The van der Waals surface area contributed by atoms with E-state index in [-0.39, 0.29) is 23.5 Å². The third-order valence-corrected chi connectivity index (χ3v) is 6.73. The molecule has 6 heteroatoms. The monoisotopic (exact) mass is 349 g/mol. The van der Waals surface area contributed by atoms with E-state index in [0.29, 0.717) is 17.8 Å². The van der Waals surface area contributed by atoms with Gasteiger partial charge in [-0.25, -0.2) is 8.42 Å². The molecule has 1 saturated heterocycles. The number of benzene rings is 1. The molecule has 0 bridgehead atoms. The number of hydrogen-bond acceptors (Lipinski definition) is 4. The number of nitrogens with zero attached hydrogens (tertiary/aromatic N) is 1. The van der Waals surface area contributed by atoms with E-state index in [9.17, 15) is 13.2 Å². The largest absolute Gasteiger partial charge is 0.334 e. The summed E-state index contributed by atoms with van der Waals surface area (Å²) in [7, 11) is -3.02. The molecule has 1 atom stereocenters. The molecule has 2 aromatic rings. The normalized spacial score (nSPS) is 19.6. The maximum atomic E-state index is 12.8. The molecule has 1 fully saturated rings. The lowest BCUT2D eigenvalue weighted by molar-refractivity contribution is 0.0704. The van der Waals surface area contributed by atoms with Crippen LogP contribution in [0.5, 0.6) is 0 Å². The van der Waals surface area contributed by atoms with Gasteiger partial charge in [0.2, 0.25) is 0 Å². The minimum absolute atomic E-state index is 0.0574. The van der Waals surface area contributed by atoms with Gasteiger partial charge in [0.1, 0.15) is 0 Å². The standard InChI is InChI=1S/C17H19NO3S2/c19-17(16-7-4-11-22-16)18(15-9-12-23(20,21)13-15)10-8-14-5-2-1-3-6-14/h1-7,11,15H,8-10,12-13H2/t15-/m0/s1. The Morgan fingerprint density at radius 3 is 2.57 bits per heavy atom. The van der Waals surface area contributed by atoms with Gasteiger partial charge in [0.05, 0.1) is 16.4 Å². The van der Waals surface area contributed by atoms with Crippen LogP contribution in [0.2, 0.25) is 0 Å². The molecule has 0 saturated carbocycles. The van der Waals surface area contributed by atoms with Crippen LogP contribution in [0, 0.1) is 0 Å². The van der Waals surface area contributed by atoms with Crippen molar-refractivity contribution < 1.29 is 13.2 Å². The van der Waals surface area contributed by atoms with Gasteiger partial charge in [-0.15, -0.1) is 11.3 Å². The molecule has 1 aliphatic heterocycles. The lowest BCUT2D eigenvalue weighted by atomic mass is 10.1. The number of carbonyl (C=O) groups is 1. The van der Waals surface area contributed by atoms with Crippen LogP contribution in [0.1, 0.15) is 21.7 Å². The van der Waals surface area contributed by atoms with Crippen molar-refractivity contribution >= 4 is 27.1 Å². The Labute approximate surface area is 140 Å². The Morgan fingerprint density at radius 2 is 1.96 bits per heavy atom. The molecule has 3 rings (SSSR count). The van der Waals surface area contributed by atoms with Crippen LogP contribution in [0.25, 0.3) is 0 Å². The Hall–Kier alpha value is -1.66. The number of amides is 1. The van der Waals surface area contributed by atoms with Gasteiger partial charge in [0, 0.05) is 12.6 Å². The quantitative estimate of drug-likeness (QED) is 0.834. The zero-order valence-corrected chi connectivity index (χ0v) is 14.4. The second-order valence-corrected chi connectivity index (χ2v) is 8.94. The van der Waals surface area contributed by atoms with Crippen LogP contribution in [0.3, 0.4) is 0 Å². The Kier molecular flexibility index (Phi) is 4.82. The molecular weight excluding hydrogens is 330 g/mol. The maximum Gasteiger partial charge on any atom is 0.264 e. The molecule has 0 unspecified atom stereocenters. The van der Waals surface area contributed by atoms with Gasteiger partial charge in [-0.1, -0.05) is 36.4 Å². The summed E-state index contributed by atoms with van der Waals surface area (Å²) in [4.78, 5) is 15.2. The lowest BCUT2D eigenvalue weighted by Crippen LogP contribution is -2.42. The van der Waals surface area contributed by atoms with Gasteiger partial charge in [-0.2, -0.15) is 0 Å². The van der Waals surface area contributed by atoms with Gasteiger partial charge in [-0.05, 0) is 29.9 Å². The van der Waals surface area contributed by atoms with Gasteiger partial charge >= 0.3 is 0 Å². The van der Waals surface area contributed by atoms with E-state index in [1.807, 2.05) is 41.8 Å². The van der Waals surface area contributed by atoms with Crippen molar-refractivity contribution in [2.75, 3.05) is 18.1 Å². The summed E-state index contributed by atoms with van der Waals surface area (Å²) in [6, 6.07) is 13.4. The highest BCUT2D eigenvalue weighted by molar-refractivity contribution is 7.91. The molecule has 1 amide bonds.